The molecule has 0 saturated carbocycles. The number of nitrogens with one attached hydrogen (secondary N) is 3. The molecule has 0 aliphatic heterocycles. The summed E-state index contributed by atoms with van der Waals surface area (Å²) < 4.78 is 0. The van der Waals surface area contributed by atoms with Crippen LogP contribution in [0.1, 0.15) is 52.9 Å². The normalized spacial score (nSPS) is 15.6. The quantitative estimate of drug-likeness (QED) is 0.146. The highest BCUT2D eigenvalue weighted by Crippen LogP contribution is 2.10. The number of hydrogen-bond acceptors (Lipinski definition) is 7. The van der Waals surface area contributed by atoms with E-state index in [1.165, 1.54) is 6.92 Å². The predicted molar refractivity (Wildman–Crippen MR) is 112 cm³/mol. The highest BCUT2D eigenvalue weighted by Gasteiger charge is 2.32. The Morgan fingerprint density at radius 3 is 1.90 bits per heavy atom. The van der Waals surface area contributed by atoms with Crippen LogP contribution < -0.4 is 27.4 Å². The van der Waals surface area contributed by atoms with Gasteiger partial charge in [0.2, 0.25) is 17.7 Å². The Labute approximate surface area is 181 Å². The predicted octanol–water partition coefficient (Wildman–Crippen LogP) is -1.48. The Kier molecular flexibility index (Phi) is 13.0. The molecule has 0 aliphatic rings. The van der Waals surface area contributed by atoms with Gasteiger partial charge in [-0.25, -0.2) is 4.79 Å². The van der Waals surface area contributed by atoms with Gasteiger partial charge in [-0.15, -0.1) is 0 Å². The number of unbranched alkanes of at least 4 members (excludes halogenated alkanes) is 1. The second-order valence-corrected chi connectivity index (χ2v) is 7.50. The lowest BCUT2D eigenvalue weighted by atomic mass is 9.97. The summed E-state index contributed by atoms with van der Waals surface area (Å²) in [5, 5.41) is 25.5. The van der Waals surface area contributed by atoms with Crippen molar-refractivity contribution in [3.05, 3.63) is 0 Å². The molecule has 0 saturated heterocycles. The zero-order valence-electron chi connectivity index (χ0n) is 18.2. The second kappa shape index (κ2) is 14.3. The first kappa shape index (κ1) is 28.3. The molecular weight excluding hydrogens is 410 g/mol. The SMILES string of the molecule is CCC(C)C(NC(=O)C(C)N)C(=O)NC(CC(=O)O)C(=O)NC(CCCCN)C(=O)O. The fourth-order valence-corrected chi connectivity index (χ4v) is 2.65. The number of rotatable bonds is 15. The second-order valence-electron chi connectivity index (χ2n) is 7.50. The maximum Gasteiger partial charge on any atom is 0.326 e. The number of carbonyl (C=O) groups excluding carboxylic acids is 3. The number of carboxylic acid groups (broad SMARTS) is 2. The van der Waals surface area contributed by atoms with Crippen LogP contribution in [0.4, 0.5) is 0 Å². The lowest BCUT2D eigenvalue weighted by Gasteiger charge is -2.27. The van der Waals surface area contributed by atoms with E-state index in [4.69, 9.17) is 16.6 Å². The summed E-state index contributed by atoms with van der Waals surface area (Å²) in [7, 11) is 0. The molecular formula is C19H35N5O7. The highest BCUT2D eigenvalue weighted by molar-refractivity contribution is 5.95. The molecule has 12 nitrogen and oxygen atoms in total. The molecule has 0 radical (unpaired) electrons. The minimum atomic E-state index is -1.53. The fraction of sp³-hybridized carbons (Fsp3) is 0.737. The van der Waals surface area contributed by atoms with Gasteiger partial charge in [-0.2, -0.15) is 0 Å². The largest absolute Gasteiger partial charge is 0.481 e. The number of nitrogens with two attached hydrogens (primary N) is 2. The van der Waals surface area contributed by atoms with Gasteiger partial charge in [0.1, 0.15) is 18.1 Å². The van der Waals surface area contributed by atoms with E-state index in [0.29, 0.717) is 25.8 Å². The van der Waals surface area contributed by atoms with E-state index < -0.39 is 60.2 Å². The Hall–Kier alpha value is -2.73. The minimum Gasteiger partial charge on any atom is -0.481 e. The van der Waals surface area contributed by atoms with Gasteiger partial charge in [0.05, 0.1) is 12.5 Å². The molecule has 5 atom stereocenters. The summed E-state index contributed by atoms with van der Waals surface area (Å²) in [4.78, 5) is 59.9. The van der Waals surface area contributed by atoms with Gasteiger partial charge in [0, 0.05) is 0 Å². The molecule has 3 amide bonds. The van der Waals surface area contributed by atoms with Crippen LogP contribution in [0.2, 0.25) is 0 Å². The number of carbonyl (C=O) groups is 5. The van der Waals surface area contributed by atoms with Crippen LogP contribution in [-0.2, 0) is 24.0 Å². The zero-order chi connectivity index (χ0) is 24.1. The van der Waals surface area contributed by atoms with E-state index in [9.17, 15) is 29.1 Å². The van der Waals surface area contributed by atoms with Gasteiger partial charge in [-0.1, -0.05) is 20.3 Å². The number of amides is 3. The molecule has 0 bridgehead atoms. The number of hydrogen-bond donors (Lipinski definition) is 7. The molecule has 5 unspecified atom stereocenters. The molecule has 0 fully saturated rings. The summed E-state index contributed by atoms with van der Waals surface area (Å²) in [5.74, 6) is -5.27. The minimum absolute atomic E-state index is 0.103. The number of carboxylic acids is 2. The maximum atomic E-state index is 12.8. The first-order valence-electron chi connectivity index (χ1n) is 10.3. The molecule has 0 aromatic rings. The van der Waals surface area contributed by atoms with Crippen LogP contribution in [0.15, 0.2) is 0 Å². The molecule has 31 heavy (non-hydrogen) atoms. The molecule has 178 valence electrons. The average Bonchev–Trinajstić information content (AvgIpc) is 2.69. The van der Waals surface area contributed by atoms with Crippen molar-refractivity contribution in [1.82, 2.24) is 16.0 Å². The van der Waals surface area contributed by atoms with Crippen LogP contribution in [0.3, 0.4) is 0 Å². The topological polar surface area (TPSA) is 214 Å². The van der Waals surface area contributed by atoms with Crippen molar-refractivity contribution in [2.45, 2.75) is 77.0 Å². The Morgan fingerprint density at radius 2 is 1.45 bits per heavy atom. The summed E-state index contributed by atoms with van der Waals surface area (Å²) in [6.45, 7) is 5.31. The van der Waals surface area contributed by atoms with E-state index in [-0.39, 0.29) is 12.3 Å². The van der Waals surface area contributed by atoms with Crippen molar-refractivity contribution < 1.29 is 34.2 Å². The Morgan fingerprint density at radius 1 is 0.871 bits per heavy atom. The molecule has 0 spiro atoms. The van der Waals surface area contributed by atoms with Crippen molar-refractivity contribution in [2.24, 2.45) is 17.4 Å². The highest BCUT2D eigenvalue weighted by atomic mass is 16.4. The van der Waals surface area contributed by atoms with Gasteiger partial charge in [0.15, 0.2) is 0 Å². The average molecular weight is 446 g/mol. The summed E-state index contributed by atoms with van der Waals surface area (Å²) in [6, 6.07) is -4.70. The van der Waals surface area contributed by atoms with Gasteiger partial charge in [0.25, 0.3) is 0 Å². The van der Waals surface area contributed by atoms with Crippen molar-refractivity contribution in [3.8, 4) is 0 Å². The monoisotopic (exact) mass is 445 g/mol. The Balaban J connectivity index is 5.44. The maximum absolute atomic E-state index is 12.8. The summed E-state index contributed by atoms with van der Waals surface area (Å²) >= 11 is 0. The summed E-state index contributed by atoms with van der Waals surface area (Å²) in [5.41, 5.74) is 10.9. The van der Waals surface area contributed by atoms with Crippen molar-refractivity contribution in [3.63, 3.8) is 0 Å². The molecule has 9 N–H and O–H groups in total. The molecule has 0 rings (SSSR count). The summed E-state index contributed by atoms with van der Waals surface area (Å²) in [6.07, 6.45) is 0.857. The van der Waals surface area contributed by atoms with E-state index in [1.807, 2.05) is 0 Å². The van der Waals surface area contributed by atoms with Gasteiger partial charge in [-0.05, 0) is 38.6 Å². The van der Waals surface area contributed by atoms with Crippen LogP contribution in [0.5, 0.6) is 0 Å². The third-order valence-corrected chi connectivity index (χ3v) is 4.78. The number of aliphatic carboxylic acids is 2. The van der Waals surface area contributed by atoms with Crippen LogP contribution in [0.25, 0.3) is 0 Å². The molecule has 0 aromatic carbocycles. The fourth-order valence-electron chi connectivity index (χ4n) is 2.65. The molecule has 0 heterocycles. The lowest BCUT2D eigenvalue weighted by Crippen LogP contribution is -2.58. The van der Waals surface area contributed by atoms with Crippen LogP contribution >= 0.6 is 0 Å². The Bertz CT molecular complexity index is 641. The van der Waals surface area contributed by atoms with Crippen molar-refractivity contribution in [2.75, 3.05) is 6.54 Å². The van der Waals surface area contributed by atoms with Crippen LogP contribution in [0, 0.1) is 5.92 Å². The first-order chi connectivity index (χ1) is 14.4. The van der Waals surface area contributed by atoms with Crippen molar-refractivity contribution in [1.29, 1.82) is 0 Å². The van der Waals surface area contributed by atoms with Gasteiger partial charge < -0.3 is 37.6 Å². The zero-order valence-corrected chi connectivity index (χ0v) is 18.2. The lowest BCUT2D eigenvalue weighted by molar-refractivity contribution is -0.144. The van der Waals surface area contributed by atoms with E-state index >= 15 is 0 Å². The van der Waals surface area contributed by atoms with Crippen LogP contribution in [-0.4, -0.2) is 70.6 Å². The van der Waals surface area contributed by atoms with E-state index in [1.54, 1.807) is 13.8 Å². The van der Waals surface area contributed by atoms with E-state index in [0.717, 1.165) is 0 Å². The molecule has 12 heteroatoms. The van der Waals surface area contributed by atoms with Crippen molar-refractivity contribution >= 4 is 29.7 Å². The first-order valence-corrected chi connectivity index (χ1v) is 10.3. The standard InChI is InChI=1S/C19H35N5O7/c1-4-10(2)15(24-16(27)11(3)21)18(29)23-13(9-14(25)26)17(28)22-12(19(30)31)7-5-6-8-20/h10-13,15H,4-9,20-21H2,1-3H3,(H,22,28)(H,23,29)(H,24,27)(H,25,26)(H,30,31). The third-order valence-electron chi connectivity index (χ3n) is 4.78. The van der Waals surface area contributed by atoms with Gasteiger partial charge in [-0.3, -0.25) is 19.2 Å². The molecule has 0 aliphatic carbocycles. The smallest absolute Gasteiger partial charge is 0.326 e. The van der Waals surface area contributed by atoms with E-state index in [2.05, 4.69) is 16.0 Å². The molecule has 0 aromatic heterocycles. The van der Waals surface area contributed by atoms with Gasteiger partial charge >= 0.3 is 11.9 Å². The third kappa shape index (κ3) is 10.7.